The number of nitrogens with zero attached hydrogens (tertiary/aromatic N) is 2. The lowest BCUT2D eigenvalue weighted by molar-refractivity contribution is 0.280. The van der Waals surface area contributed by atoms with Crippen LogP contribution in [0.2, 0.25) is 0 Å². The molecule has 1 aliphatic rings. The maximum absolute atomic E-state index is 6.35. The van der Waals surface area contributed by atoms with Crippen LogP contribution in [0.5, 0.6) is 0 Å². The number of aryl methyl sites for hydroxylation is 1. The molecule has 3 heterocycles. The van der Waals surface area contributed by atoms with Crippen LogP contribution in [-0.2, 0) is 0 Å². The third-order valence-electron chi connectivity index (χ3n) is 5.55. The van der Waals surface area contributed by atoms with Crippen LogP contribution in [0.1, 0.15) is 50.8 Å². The Kier molecular flexibility index (Phi) is 3.76. The normalized spacial score (nSPS) is 18.8. The maximum atomic E-state index is 6.35. The van der Waals surface area contributed by atoms with Crippen molar-refractivity contribution in [1.82, 2.24) is 4.98 Å². The summed E-state index contributed by atoms with van der Waals surface area (Å²) < 4.78 is 6.35. The second-order valence-corrected chi connectivity index (χ2v) is 8.28. The summed E-state index contributed by atoms with van der Waals surface area (Å²) in [6, 6.07) is 6.30. The third-order valence-corrected chi connectivity index (χ3v) is 5.55. The van der Waals surface area contributed by atoms with Gasteiger partial charge in [0.05, 0.1) is 5.69 Å². The Balaban J connectivity index is 1.89. The zero-order valence-electron chi connectivity index (χ0n) is 15.6. The van der Waals surface area contributed by atoms with E-state index in [9.17, 15) is 0 Å². The van der Waals surface area contributed by atoms with Crippen LogP contribution in [-0.4, -0.2) is 18.1 Å². The monoisotopic (exact) mass is 337 g/mol. The Morgan fingerprint density at radius 3 is 2.60 bits per heavy atom. The molecule has 3 aromatic rings. The van der Waals surface area contributed by atoms with Crippen molar-refractivity contribution < 1.29 is 4.42 Å². The van der Waals surface area contributed by atoms with Crippen LogP contribution < -0.4 is 10.6 Å². The van der Waals surface area contributed by atoms with Crippen molar-refractivity contribution in [3.63, 3.8) is 0 Å². The fraction of sp³-hybridized carbons (Fsp3) is 0.476. The van der Waals surface area contributed by atoms with Gasteiger partial charge in [-0.1, -0.05) is 19.9 Å². The van der Waals surface area contributed by atoms with Crippen molar-refractivity contribution in [3.05, 3.63) is 35.5 Å². The van der Waals surface area contributed by atoms with E-state index in [2.05, 4.69) is 48.9 Å². The van der Waals surface area contributed by atoms with Crippen molar-refractivity contribution in [3.8, 4) is 0 Å². The van der Waals surface area contributed by atoms with Crippen LogP contribution in [0.15, 0.2) is 28.8 Å². The van der Waals surface area contributed by atoms with E-state index in [-0.39, 0.29) is 6.04 Å². The van der Waals surface area contributed by atoms with Gasteiger partial charge in [-0.15, -0.1) is 0 Å². The lowest BCUT2D eigenvalue weighted by atomic mass is 9.82. The zero-order valence-corrected chi connectivity index (χ0v) is 15.6. The summed E-state index contributed by atoms with van der Waals surface area (Å²) in [5.74, 6) is 0. The minimum absolute atomic E-state index is 0.0674. The number of hydrogen-bond donors (Lipinski definition) is 1. The molecule has 132 valence electrons. The molecule has 0 saturated carbocycles. The smallest absolute Gasteiger partial charge is 0.177 e. The van der Waals surface area contributed by atoms with Crippen molar-refractivity contribution in [2.75, 3.05) is 18.0 Å². The number of hydrogen-bond acceptors (Lipinski definition) is 4. The van der Waals surface area contributed by atoms with Gasteiger partial charge in [-0.2, -0.15) is 0 Å². The van der Waals surface area contributed by atoms with Gasteiger partial charge in [0.2, 0.25) is 0 Å². The van der Waals surface area contributed by atoms with Gasteiger partial charge in [0.25, 0.3) is 0 Å². The van der Waals surface area contributed by atoms with Gasteiger partial charge in [0.1, 0.15) is 11.1 Å². The largest absolute Gasteiger partial charge is 0.452 e. The number of piperidine rings is 1. The van der Waals surface area contributed by atoms with Gasteiger partial charge in [0, 0.05) is 36.3 Å². The van der Waals surface area contributed by atoms with E-state index in [0.717, 1.165) is 46.4 Å². The van der Waals surface area contributed by atoms with Gasteiger partial charge < -0.3 is 15.1 Å². The molecule has 1 fully saturated rings. The number of pyridine rings is 1. The lowest BCUT2D eigenvalue weighted by Crippen LogP contribution is -2.37. The first-order chi connectivity index (χ1) is 11.9. The van der Waals surface area contributed by atoms with Gasteiger partial charge in [-0.3, -0.25) is 4.98 Å². The summed E-state index contributed by atoms with van der Waals surface area (Å²) >= 11 is 0. The number of anilines is 1. The minimum Gasteiger partial charge on any atom is -0.452 e. The molecule has 2 N–H and O–H groups in total. The second kappa shape index (κ2) is 5.73. The molecule has 0 aliphatic carbocycles. The van der Waals surface area contributed by atoms with E-state index in [4.69, 9.17) is 10.2 Å². The quantitative estimate of drug-likeness (QED) is 0.720. The molecule has 1 saturated heterocycles. The number of rotatable bonds is 2. The number of fused-ring (bicyclic) bond motifs is 3. The van der Waals surface area contributed by atoms with Crippen LogP contribution in [0.3, 0.4) is 0 Å². The standard InChI is InChI=1S/C21H27N3O/c1-13-11-15(14(2)22)19-16(12-13)18-20(25-19)17(5-8-23-18)24-9-6-21(3,4)7-10-24/h5,8,11-12,14H,6-7,9-10,22H2,1-4H3/t14-/m1/s1. The Hall–Kier alpha value is -2.07. The Morgan fingerprint density at radius 1 is 1.20 bits per heavy atom. The molecule has 4 heteroatoms. The second-order valence-electron chi connectivity index (χ2n) is 8.28. The lowest BCUT2D eigenvalue weighted by Gasteiger charge is -2.38. The predicted octanol–water partition coefficient (Wildman–Crippen LogP) is 4.94. The molecule has 0 bridgehead atoms. The van der Waals surface area contributed by atoms with E-state index >= 15 is 0 Å². The summed E-state index contributed by atoms with van der Waals surface area (Å²) in [6.45, 7) is 10.9. The molecular weight excluding hydrogens is 310 g/mol. The fourth-order valence-corrected chi connectivity index (χ4v) is 3.86. The molecule has 2 aromatic heterocycles. The van der Waals surface area contributed by atoms with Crippen molar-refractivity contribution in [2.45, 2.75) is 46.6 Å². The molecule has 4 rings (SSSR count). The summed E-state index contributed by atoms with van der Waals surface area (Å²) in [7, 11) is 0. The summed E-state index contributed by atoms with van der Waals surface area (Å²) in [5.41, 5.74) is 12.7. The Morgan fingerprint density at radius 2 is 1.92 bits per heavy atom. The van der Waals surface area contributed by atoms with Gasteiger partial charge in [-0.05, 0) is 49.8 Å². The highest BCUT2D eigenvalue weighted by Crippen LogP contribution is 2.39. The van der Waals surface area contributed by atoms with Crippen molar-refractivity contribution >= 4 is 27.8 Å². The molecule has 4 nitrogen and oxygen atoms in total. The first kappa shape index (κ1) is 16.4. The average Bonchev–Trinajstić information content (AvgIpc) is 2.92. The first-order valence-corrected chi connectivity index (χ1v) is 9.18. The van der Waals surface area contributed by atoms with E-state index in [0.29, 0.717) is 5.41 Å². The Bertz CT molecular complexity index is 929. The molecule has 1 atom stereocenters. The van der Waals surface area contributed by atoms with E-state index in [1.807, 2.05) is 13.1 Å². The highest BCUT2D eigenvalue weighted by atomic mass is 16.3. The molecule has 0 amide bonds. The summed E-state index contributed by atoms with van der Waals surface area (Å²) in [5, 5.41) is 1.07. The molecule has 25 heavy (non-hydrogen) atoms. The molecule has 1 aliphatic heterocycles. The van der Waals surface area contributed by atoms with Crippen molar-refractivity contribution in [1.29, 1.82) is 0 Å². The third kappa shape index (κ3) is 2.78. The van der Waals surface area contributed by atoms with Crippen molar-refractivity contribution in [2.24, 2.45) is 11.1 Å². The van der Waals surface area contributed by atoms with E-state index < -0.39 is 0 Å². The summed E-state index contributed by atoms with van der Waals surface area (Å²) in [4.78, 5) is 7.07. The van der Waals surface area contributed by atoms with E-state index in [1.165, 1.54) is 18.4 Å². The van der Waals surface area contributed by atoms with Crippen LogP contribution in [0.4, 0.5) is 5.69 Å². The fourth-order valence-electron chi connectivity index (χ4n) is 3.86. The van der Waals surface area contributed by atoms with Gasteiger partial charge in [0.15, 0.2) is 5.58 Å². The maximum Gasteiger partial charge on any atom is 0.177 e. The SMILES string of the molecule is Cc1cc([C@@H](C)N)c2oc3c(N4CCC(C)(C)CC4)ccnc3c2c1. The highest BCUT2D eigenvalue weighted by molar-refractivity contribution is 6.07. The number of benzene rings is 1. The minimum atomic E-state index is -0.0674. The highest BCUT2D eigenvalue weighted by Gasteiger charge is 2.27. The predicted molar refractivity (Wildman–Crippen MR) is 104 cm³/mol. The first-order valence-electron chi connectivity index (χ1n) is 9.18. The number of furan rings is 1. The molecule has 1 aromatic carbocycles. The van der Waals surface area contributed by atoms with Crippen LogP contribution >= 0.6 is 0 Å². The molecular formula is C21H27N3O. The van der Waals surface area contributed by atoms with Crippen LogP contribution in [0.25, 0.3) is 22.1 Å². The molecule has 0 spiro atoms. The molecule has 0 radical (unpaired) electrons. The van der Waals surface area contributed by atoms with E-state index in [1.54, 1.807) is 0 Å². The topological polar surface area (TPSA) is 55.3 Å². The van der Waals surface area contributed by atoms with Crippen LogP contribution in [0, 0.1) is 12.3 Å². The zero-order chi connectivity index (χ0) is 17.8. The Labute approximate surface area is 149 Å². The van der Waals surface area contributed by atoms with Gasteiger partial charge in [-0.25, -0.2) is 0 Å². The number of aromatic nitrogens is 1. The average molecular weight is 337 g/mol. The molecule has 0 unspecified atom stereocenters. The van der Waals surface area contributed by atoms with Gasteiger partial charge >= 0.3 is 0 Å². The summed E-state index contributed by atoms with van der Waals surface area (Å²) in [6.07, 6.45) is 4.29. The number of nitrogens with two attached hydrogens (primary N) is 1.